The third kappa shape index (κ3) is 1.21. The van der Waals surface area contributed by atoms with Crippen molar-refractivity contribution in [2.75, 3.05) is 0 Å². The Labute approximate surface area is 57.5 Å². The van der Waals surface area contributed by atoms with Crippen molar-refractivity contribution in [2.45, 2.75) is 18.9 Å². The van der Waals surface area contributed by atoms with Crippen LogP contribution in [0, 0.1) is 5.38 Å². The second-order valence-corrected chi connectivity index (χ2v) is 2.85. The molecule has 9 heavy (non-hydrogen) atoms. The molecule has 0 aliphatic heterocycles. The van der Waals surface area contributed by atoms with Gasteiger partial charge in [-0.25, -0.2) is 4.98 Å². The highest BCUT2D eigenvalue weighted by Gasteiger charge is 2.24. The van der Waals surface area contributed by atoms with Gasteiger partial charge in [0.05, 0.1) is 11.6 Å². The molecule has 1 heterocycles. The second kappa shape index (κ2) is 1.99. The summed E-state index contributed by atoms with van der Waals surface area (Å²) in [7, 11) is 0. The summed E-state index contributed by atoms with van der Waals surface area (Å²) >= 11 is 1.43. The van der Waals surface area contributed by atoms with E-state index in [1.807, 2.05) is 0 Å². The topological polar surface area (TPSA) is 22.1 Å². The zero-order valence-corrected chi connectivity index (χ0v) is 5.65. The van der Waals surface area contributed by atoms with Crippen molar-refractivity contribution in [1.82, 2.24) is 4.98 Å². The van der Waals surface area contributed by atoms with Crippen LogP contribution in [0.15, 0.2) is 6.20 Å². The quantitative estimate of drug-likeness (QED) is 0.620. The third-order valence-electron chi connectivity index (χ3n) is 1.16. The average molecular weight is 140 g/mol. The Balaban J connectivity index is 1.99. The van der Waals surface area contributed by atoms with Crippen LogP contribution >= 0.6 is 11.3 Å². The molecule has 1 saturated carbocycles. The van der Waals surface area contributed by atoms with E-state index in [0.717, 1.165) is 5.19 Å². The smallest absolute Gasteiger partial charge is 0.274 e. The molecule has 0 amide bonds. The minimum Gasteiger partial charge on any atom is -0.467 e. The number of rotatable bonds is 2. The molecule has 0 aromatic carbocycles. The molecule has 1 aromatic heterocycles. The van der Waals surface area contributed by atoms with Crippen molar-refractivity contribution >= 4 is 11.3 Å². The molecule has 3 heteroatoms. The first kappa shape index (κ1) is 5.23. The zero-order valence-electron chi connectivity index (χ0n) is 4.83. The Kier molecular flexibility index (Phi) is 1.16. The number of thiazole rings is 1. The van der Waals surface area contributed by atoms with Crippen LogP contribution in [0.3, 0.4) is 0 Å². The van der Waals surface area contributed by atoms with Gasteiger partial charge in [0.15, 0.2) is 0 Å². The molecule has 0 atom stereocenters. The minimum absolute atomic E-state index is 0.463. The number of hydrogen-bond donors (Lipinski definition) is 0. The Hall–Kier alpha value is -0.570. The molecule has 1 aromatic rings. The van der Waals surface area contributed by atoms with Gasteiger partial charge in [-0.05, 0) is 12.8 Å². The first-order chi connectivity index (χ1) is 4.45. The number of hydrogen-bond acceptors (Lipinski definition) is 3. The standard InChI is InChI=1S/C6H6NOS/c1-2-5(1)8-6-7-3-4-9-6/h3,5H,1-2H2. The Morgan fingerprint density at radius 2 is 2.67 bits per heavy atom. The maximum atomic E-state index is 5.34. The largest absolute Gasteiger partial charge is 0.467 e. The molecule has 47 valence electrons. The molecule has 0 spiro atoms. The van der Waals surface area contributed by atoms with Crippen LogP contribution in [0.5, 0.6) is 5.19 Å². The van der Waals surface area contributed by atoms with Crippen LogP contribution in [0.2, 0.25) is 0 Å². The second-order valence-electron chi connectivity index (χ2n) is 2.06. The first-order valence-electron chi connectivity index (χ1n) is 2.94. The maximum Gasteiger partial charge on any atom is 0.274 e. The minimum atomic E-state index is 0.463. The van der Waals surface area contributed by atoms with Gasteiger partial charge in [0, 0.05) is 0 Å². The first-order valence-corrected chi connectivity index (χ1v) is 3.75. The monoisotopic (exact) mass is 140 g/mol. The van der Waals surface area contributed by atoms with Gasteiger partial charge in [0.1, 0.15) is 6.10 Å². The molecule has 1 fully saturated rings. The van der Waals surface area contributed by atoms with Gasteiger partial charge in [-0.15, -0.1) is 0 Å². The summed E-state index contributed by atoms with van der Waals surface area (Å²) in [4.78, 5) is 3.94. The summed E-state index contributed by atoms with van der Waals surface area (Å²) in [5, 5.41) is 3.63. The molecule has 1 radical (unpaired) electrons. The lowest BCUT2D eigenvalue weighted by Gasteiger charge is -1.94. The van der Waals surface area contributed by atoms with Crippen LogP contribution in [-0.4, -0.2) is 11.1 Å². The molecule has 0 saturated heterocycles. The van der Waals surface area contributed by atoms with Crippen LogP contribution in [-0.2, 0) is 0 Å². The van der Waals surface area contributed by atoms with Crippen molar-refractivity contribution in [2.24, 2.45) is 0 Å². The molecule has 1 aliphatic carbocycles. The fourth-order valence-electron chi connectivity index (χ4n) is 0.565. The molecule has 0 bridgehead atoms. The fourth-order valence-corrected chi connectivity index (χ4v) is 1.06. The van der Waals surface area contributed by atoms with Crippen molar-refractivity contribution < 1.29 is 4.74 Å². The molecule has 1 aliphatic rings. The average Bonchev–Trinajstić information content (AvgIpc) is 2.46. The predicted molar refractivity (Wildman–Crippen MR) is 34.6 cm³/mol. The summed E-state index contributed by atoms with van der Waals surface area (Å²) in [5.74, 6) is 0. The van der Waals surface area contributed by atoms with Crippen LogP contribution in [0.4, 0.5) is 0 Å². The molecule has 2 rings (SSSR count). The fraction of sp³-hybridized carbons (Fsp3) is 0.500. The van der Waals surface area contributed by atoms with Gasteiger partial charge in [-0.2, -0.15) is 0 Å². The van der Waals surface area contributed by atoms with Gasteiger partial charge < -0.3 is 4.74 Å². The summed E-state index contributed by atoms with van der Waals surface area (Å²) in [6.07, 6.45) is 4.49. The van der Waals surface area contributed by atoms with Gasteiger partial charge in [0.25, 0.3) is 5.19 Å². The summed E-state index contributed by atoms with van der Waals surface area (Å²) in [6.45, 7) is 0. The molecule has 0 unspecified atom stereocenters. The van der Waals surface area contributed by atoms with Gasteiger partial charge in [-0.3, -0.25) is 0 Å². The van der Waals surface area contributed by atoms with Gasteiger partial charge >= 0.3 is 0 Å². The lowest BCUT2D eigenvalue weighted by atomic mass is 10.8. The van der Waals surface area contributed by atoms with Crippen LogP contribution in [0.25, 0.3) is 0 Å². The lowest BCUT2D eigenvalue weighted by Crippen LogP contribution is -1.93. The van der Waals surface area contributed by atoms with Crippen molar-refractivity contribution in [3.63, 3.8) is 0 Å². The van der Waals surface area contributed by atoms with Gasteiger partial charge in [-0.1, -0.05) is 11.3 Å². The third-order valence-corrected chi connectivity index (χ3v) is 1.76. The van der Waals surface area contributed by atoms with E-state index in [4.69, 9.17) is 4.74 Å². The van der Waals surface area contributed by atoms with Crippen LogP contribution < -0.4 is 4.74 Å². The van der Waals surface area contributed by atoms with E-state index in [9.17, 15) is 0 Å². The van der Waals surface area contributed by atoms with Crippen LogP contribution in [0.1, 0.15) is 12.8 Å². The Bertz CT molecular complexity index is 181. The van der Waals surface area contributed by atoms with Gasteiger partial charge in [0.2, 0.25) is 0 Å². The molecular weight excluding hydrogens is 134 g/mol. The highest BCUT2D eigenvalue weighted by atomic mass is 32.1. The van der Waals surface area contributed by atoms with E-state index in [0.29, 0.717) is 6.10 Å². The molecule has 2 nitrogen and oxygen atoms in total. The van der Waals surface area contributed by atoms with E-state index in [2.05, 4.69) is 10.4 Å². The summed E-state index contributed by atoms with van der Waals surface area (Å²) in [6, 6.07) is 0. The normalized spacial score (nSPS) is 17.8. The van der Waals surface area contributed by atoms with Crippen molar-refractivity contribution in [3.8, 4) is 5.19 Å². The SMILES string of the molecule is [c]1cnc(OC2CC2)s1. The van der Waals surface area contributed by atoms with E-state index >= 15 is 0 Å². The van der Waals surface area contributed by atoms with Crippen molar-refractivity contribution in [1.29, 1.82) is 0 Å². The summed E-state index contributed by atoms with van der Waals surface area (Å²) < 4.78 is 5.34. The summed E-state index contributed by atoms with van der Waals surface area (Å²) in [5.41, 5.74) is 0. The predicted octanol–water partition coefficient (Wildman–Crippen LogP) is 1.48. The highest BCUT2D eigenvalue weighted by Crippen LogP contribution is 2.27. The van der Waals surface area contributed by atoms with E-state index in [1.165, 1.54) is 24.2 Å². The maximum absolute atomic E-state index is 5.34. The Morgan fingerprint density at radius 1 is 1.78 bits per heavy atom. The number of ether oxygens (including phenoxy) is 1. The lowest BCUT2D eigenvalue weighted by molar-refractivity contribution is 0.301. The molecule has 0 N–H and O–H groups in total. The van der Waals surface area contributed by atoms with E-state index < -0.39 is 0 Å². The highest BCUT2D eigenvalue weighted by molar-refractivity contribution is 7.10. The number of nitrogens with zero attached hydrogens (tertiary/aromatic N) is 1. The van der Waals surface area contributed by atoms with E-state index in [-0.39, 0.29) is 0 Å². The van der Waals surface area contributed by atoms with E-state index in [1.54, 1.807) is 6.20 Å². The number of aromatic nitrogens is 1. The van der Waals surface area contributed by atoms with Crippen molar-refractivity contribution in [3.05, 3.63) is 11.6 Å². The zero-order chi connectivity index (χ0) is 6.10. The molecular formula is C6H6NOS. The Morgan fingerprint density at radius 3 is 3.22 bits per heavy atom.